The van der Waals surface area contributed by atoms with Crippen LogP contribution in [0.25, 0.3) is 22.2 Å². The molecule has 1 aromatic heterocycles. The summed E-state index contributed by atoms with van der Waals surface area (Å²) in [6.07, 6.45) is 2.21. The first kappa shape index (κ1) is 19.5. The van der Waals surface area contributed by atoms with Gasteiger partial charge < -0.3 is 9.30 Å². The Morgan fingerprint density at radius 1 is 0.931 bits per heavy atom. The van der Waals surface area contributed by atoms with Crippen LogP contribution in [0.15, 0.2) is 71.9 Å². The Labute approximate surface area is 175 Å². The van der Waals surface area contributed by atoms with Crippen molar-refractivity contribution in [3.63, 3.8) is 0 Å². The van der Waals surface area contributed by atoms with Crippen LogP contribution in [0.2, 0.25) is 0 Å². The summed E-state index contributed by atoms with van der Waals surface area (Å²) in [4.78, 5) is 0. The van der Waals surface area contributed by atoms with Gasteiger partial charge in [0.05, 0.1) is 6.61 Å². The van der Waals surface area contributed by atoms with E-state index in [0.29, 0.717) is 0 Å². The number of hydrogen-bond acceptors (Lipinski definition) is 4. The molecule has 5 heteroatoms. The van der Waals surface area contributed by atoms with E-state index in [9.17, 15) is 0 Å². The van der Waals surface area contributed by atoms with Gasteiger partial charge in [0.15, 0.2) is 11.0 Å². The van der Waals surface area contributed by atoms with Crippen LogP contribution in [0.5, 0.6) is 5.75 Å². The third-order valence-corrected chi connectivity index (χ3v) is 6.02. The van der Waals surface area contributed by atoms with Crippen molar-refractivity contribution in [2.24, 2.45) is 7.05 Å². The third kappa shape index (κ3) is 4.46. The lowest BCUT2D eigenvalue weighted by atomic mass is 10.1. The van der Waals surface area contributed by atoms with Crippen molar-refractivity contribution in [2.75, 3.05) is 6.61 Å². The minimum atomic E-state index is 0.759. The van der Waals surface area contributed by atoms with E-state index < -0.39 is 0 Å². The highest BCUT2D eigenvalue weighted by molar-refractivity contribution is 7.98. The molecule has 0 amide bonds. The summed E-state index contributed by atoms with van der Waals surface area (Å²) in [5, 5.41) is 12.3. The van der Waals surface area contributed by atoms with Crippen molar-refractivity contribution in [3.05, 3.63) is 72.3 Å². The van der Waals surface area contributed by atoms with E-state index in [-0.39, 0.29) is 0 Å². The minimum absolute atomic E-state index is 0.759. The van der Waals surface area contributed by atoms with Gasteiger partial charge in [0.2, 0.25) is 0 Å². The molecule has 148 valence electrons. The monoisotopic (exact) mass is 403 g/mol. The largest absolute Gasteiger partial charge is 0.494 e. The lowest BCUT2D eigenvalue weighted by Crippen LogP contribution is -1.97. The van der Waals surface area contributed by atoms with Crippen molar-refractivity contribution in [1.82, 2.24) is 14.8 Å². The molecule has 4 aromatic rings. The first-order valence-electron chi connectivity index (χ1n) is 9.98. The Balaban J connectivity index is 1.47. The average molecular weight is 404 g/mol. The fraction of sp³-hybridized carbons (Fsp3) is 0.250. The van der Waals surface area contributed by atoms with Crippen LogP contribution in [0, 0.1) is 0 Å². The molecule has 0 fully saturated rings. The number of rotatable bonds is 8. The standard InChI is InChI=1S/C24H25N3OS/c1-3-4-16-28-21-14-12-19(13-15-21)23-25-26-24(27(23)2)29-17-20-10-7-9-18-8-5-6-11-22(18)20/h5-15H,3-4,16-17H2,1-2H3. The first-order valence-corrected chi connectivity index (χ1v) is 11.0. The maximum Gasteiger partial charge on any atom is 0.191 e. The molecule has 0 saturated heterocycles. The third-order valence-electron chi connectivity index (χ3n) is 4.95. The van der Waals surface area contributed by atoms with Gasteiger partial charge in [0.1, 0.15) is 5.75 Å². The summed E-state index contributed by atoms with van der Waals surface area (Å²) >= 11 is 1.71. The predicted octanol–water partition coefficient (Wildman–Crippen LogP) is 6.11. The molecule has 0 aliphatic rings. The van der Waals surface area contributed by atoms with Crippen molar-refractivity contribution in [1.29, 1.82) is 0 Å². The average Bonchev–Trinajstić information content (AvgIpc) is 3.13. The first-order chi connectivity index (χ1) is 14.3. The second-order valence-corrected chi connectivity index (χ2v) is 7.96. The molecular weight excluding hydrogens is 378 g/mol. The number of hydrogen-bond donors (Lipinski definition) is 0. The van der Waals surface area contributed by atoms with Crippen LogP contribution in [0.3, 0.4) is 0 Å². The van der Waals surface area contributed by atoms with Crippen LogP contribution in [0.1, 0.15) is 25.3 Å². The van der Waals surface area contributed by atoms with E-state index in [4.69, 9.17) is 4.74 Å². The maximum absolute atomic E-state index is 5.75. The molecule has 0 spiro atoms. The van der Waals surface area contributed by atoms with Crippen LogP contribution < -0.4 is 4.74 Å². The van der Waals surface area contributed by atoms with Crippen molar-refractivity contribution >= 4 is 22.5 Å². The lowest BCUT2D eigenvalue weighted by molar-refractivity contribution is 0.309. The van der Waals surface area contributed by atoms with Gasteiger partial charge in [0, 0.05) is 18.4 Å². The van der Waals surface area contributed by atoms with Gasteiger partial charge in [0.25, 0.3) is 0 Å². The summed E-state index contributed by atoms with van der Waals surface area (Å²) in [5.74, 6) is 2.62. The number of nitrogens with zero attached hydrogens (tertiary/aromatic N) is 3. The molecule has 0 atom stereocenters. The van der Waals surface area contributed by atoms with Crippen LogP contribution in [-0.2, 0) is 12.8 Å². The molecule has 0 aliphatic heterocycles. The fourth-order valence-electron chi connectivity index (χ4n) is 3.29. The SMILES string of the molecule is CCCCOc1ccc(-c2nnc(SCc3cccc4ccccc34)n2C)cc1. The number of benzene rings is 3. The number of thioether (sulfide) groups is 1. The van der Waals surface area contributed by atoms with Gasteiger partial charge in [-0.25, -0.2) is 0 Å². The number of unbranched alkanes of at least 4 members (excludes halogenated alkanes) is 1. The molecule has 3 aromatic carbocycles. The summed E-state index contributed by atoms with van der Waals surface area (Å²) in [6, 6.07) is 23.0. The smallest absolute Gasteiger partial charge is 0.191 e. The molecule has 0 unspecified atom stereocenters. The summed E-state index contributed by atoms with van der Waals surface area (Å²) in [5.41, 5.74) is 2.35. The van der Waals surface area contributed by atoms with E-state index in [2.05, 4.69) is 64.2 Å². The molecule has 0 aliphatic carbocycles. The maximum atomic E-state index is 5.75. The highest BCUT2D eigenvalue weighted by Crippen LogP contribution is 2.29. The van der Waals surface area contributed by atoms with Gasteiger partial charge in [-0.2, -0.15) is 0 Å². The van der Waals surface area contributed by atoms with Gasteiger partial charge >= 0.3 is 0 Å². The minimum Gasteiger partial charge on any atom is -0.494 e. The molecular formula is C24H25N3OS. The topological polar surface area (TPSA) is 39.9 Å². The summed E-state index contributed by atoms with van der Waals surface area (Å²) < 4.78 is 7.81. The predicted molar refractivity (Wildman–Crippen MR) is 120 cm³/mol. The molecule has 0 saturated carbocycles. The molecule has 0 bridgehead atoms. The van der Waals surface area contributed by atoms with E-state index >= 15 is 0 Å². The van der Waals surface area contributed by atoms with Crippen molar-refractivity contribution < 1.29 is 4.74 Å². The van der Waals surface area contributed by atoms with Crippen LogP contribution in [0.4, 0.5) is 0 Å². The van der Waals surface area contributed by atoms with Crippen molar-refractivity contribution in [2.45, 2.75) is 30.7 Å². The molecule has 29 heavy (non-hydrogen) atoms. The Kier molecular flexibility index (Phi) is 6.15. The zero-order valence-electron chi connectivity index (χ0n) is 16.8. The van der Waals surface area contributed by atoms with E-state index in [1.807, 2.05) is 31.3 Å². The molecule has 0 N–H and O–H groups in total. The number of fused-ring (bicyclic) bond motifs is 1. The van der Waals surface area contributed by atoms with Gasteiger partial charge in [-0.05, 0) is 47.0 Å². The highest BCUT2D eigenvalue weighted by Gasteiger charge is 2.12. The van der Waals surface area contributed by atoms with Gasteiger partial charge in [-0.1, -0.05) is 67.6 Å². The second-order valence-electron chi connectivity index (χ2n) is 7.02. The Hall–Kier alpha value is -2.79. The molecule has 4 nitrogen and oxygen atoms in total. The zero-order chi connectivity index (χ0) is 20.1. The highest BCUT2D eigenvalue weighted by atomic mass is 32.2. The van der Waals surface area contributed by atoms with E-state index in [1.54, 1.807) is 11.8 Å². The Morgan fingerprint density at radius 3 is 2.55 bits per heavy atom. The Morgan fingerprint density at radius 2 is 1.72 bits per heavy atom. The molecule has 1 heterocycles. The molecule has 4 rings (SSSR count). The normalized spacial score (nSPS) is 11.1. The van der Waals surface area contributed by atoms with Crippen LogP contribution in [-0.4, -0.2) is 21.4 Å². The van der Waals surface area contributed by atoms with Crippen LogP contribution >= 0.6 is 11.8 Å². The molecule has 0 radical (unpaired) electrons. The summed E-state index contributed by atoms with van der Waals surface area (Å²) in [6.45, 7) is 2.92. The van der Waals surface area contributed by atoms with Crippen molar-refractivity contribution in [3.8, 4) is 17.1 Å². The fourth-order valence-corrected chi connectivity index (χ4v) is 4.20. The number of ether oxygens (including phenoxy) is 1. The number of aromatic nitrogens is 3. The Bertz CT molecular complexity index is 1080. The van der Waals surface area contributed by atoms with E-state index in [1.165, 1.54) is 16.3 Å². The lowest BCUT2D eigenvalue weighted by Gasteiger charge is -2.08. The van der Waals surface area contributed by atoms with E-state index in [0.717, 1.165) is 47.5 Å². The van der Waals surface area contributed by atoms with Gasteiger partial charge in [-0.3, -0.25) is 0 Å². The second kappa shape index (κ2) is 9.14. The quantitative estimate of drug-likeness (QED) is 0.263. The summed E-state index contributed by atoms with van der Waals surface area (Å²) in [7, 11) is 2.02. The van der Waals surface area contributed by atoms with Gasteiger partial charge in [-0.15, -0.1) is 10.2 Å². The zero-order valence-corrected chi connectivity index (χ0v) is 17.7.